The van der Waals surface area contributed by atoms with Crippen LogP contribution in [0.4, 0.5) is 0 Å². The minimum atomic E-state index is -0.0551. The number of hydrogen-bond acceptors (Lipinski definition) is 3. The van der Waals surface area contributed by atoms with Gasteiger partial charge < -0.3 is 15.2 Å². The van der Waals surface area contributed by atoms with Crippen molar-refractivity contribution in [3.63, 3.8) is 0 Å². The van der Waals surface area contributed by atoms with Crippen LogP contribution in [-0.4, -0.2) is 19.8 Å². The van der Waals surface area contributed by atoms with E-state index in [9.17, 15) is 0 Å². The number of nitrogens with two attached hydrogens (primary N) is 1. The lowest BCUT2D eigenvalue weighted by atomic mass is 10.1. The molecule has 0 aromatic heterocycles. The van der Waals surface area contributed by atoms with Crippen LogP contribution < -0.4 is 10.5 Å². The Morgan fingerprint density at radius 1 is 1.24 bits per heavy atom. The summed E-state index contributed by atoms with van der Waals surface area (Å²) in [6.45, 7) is 0.544. The number of ether oxygens (including phenoxy) is 2. The molecular formula is C14H21NO2. The molecule has 0 bridgehead atoms. The van der Waals surface area contributed by atoms with Crippen molar-refractivity contribution in [2.24, 2.45) is 5.73 Å². The first-order valence-electron chi connectivity index (χ1n) is 6.30. The van der Waals surface area contributed by atoms with Gasteiger partial charge in [-0.15, -0.1) is 0 Å². The van der Waals surface area contributed by atoms with Crippen LogP contribution >= 0.6 is 0 Å². The van der Waals surface area contributed by atoms with Gasteiger partial charge in [0.05, 0.1) is 18.8 Å². The highest BCUT2D eigenvalue weighted by molar-refractivity contribution is 5.29. The fourth-order valence-corrected chi connectivity index (χ4v) is 2.27. The van der Waals surface area contributed by atoms with E-state index in [0.717, 1.165) is 11.3 Å². The molecule has 1 aromatic rings. The monoisotopic (exact) mass is 235 g/mol. The summed E-state index contributed by atoms with van der Waals surface area (Å²) in [6, 6.07) is 7.99. The zero-order chi connectivity index (χ0) is 12.1. The number of benzene rings is 1. The van der Waals surface area contributed by atoms with Crippen molar-refractivity contribution in [2.45, 2.75) is 37.8 Å². The largest absolute Gasteiger partial charge is 0.490 e. The summed E-state index contributed by atoms with van der Waals surface area (Å²) in [7, 11) is 1.66. The van der Waals surface area contributed by atoms with E-state index in [1.165, 1.54) is 25.7 Å². The normalized spacial score (nSPS) is 18.2. The molecule has 0 spiro atoms. The Kier molecular flexibility index (Phi) is 4.40. The van der Waals surface area contributed by atoms with Crippen LogP contribution in [0.2, 0.25) is 0 Å². The van der Waals surface area contributed by atoms with Gasteiger partial charge in [-0.1, -0.05) is 12.1 Å². The van der Waals surface area contributed by atoms with Crippen molar-refractivity contribution in [3.8, 4) is 5.75 Å². The van der Waals surface area contributed by atoms with E-state index in [0.29, 0.717) is 12.7 Å². The van der Waals surface area contributed by atoms with Gasteiger partial charge >= 0.3 is 0 Å². The first-order valence-corrected chi connectivity index (χ1v) is 6.30. The minimum absolute atomic E-state index is 0.0551. The second-order valence-corrected chi connectivity index (χ2v) is 4.66. The molecule has 0 saturated heterocycles. The average Bonchev–Trinajstić information content (AvgIpc) is 2.83. The molecular weight excluding hydrogens is 214 g/mol. The molecule has 0 radical (unpaired) electrons. The quantitative estimate of drug-likeness (QED) is 0.853. The minimum Gasteiger partial charge on any atom is -0.490 e. The van der Waals surface area contributed by atoms with Crippen LogP contribution in [0.25, 0.3) is 0 Å². The molecule has 3 heteroatoms. The van der Waals surface area contributed by atoms with Crippen molar-refractivity contribution in [2.75, 3.05) is 13.7 Å². The summed E-state index contributed by atoms with van der Waals surface area (Å²) in [4.78, 5) is 0. The van der Waals surface area contributed by atoms with Crippen LogP contribution in [0.3, 0.4) is 0 Å². The molecule has 2 N–H and O–H groups in total. The van der Waals surface area contributed by atoms with Crippen LogP contribution in [0.1, 0.15) is 37.3 Å². The van der Waals surface area contributed by atoms with E-state index < -0.39 is 0 Å². The first-order chi connectivity index (χ1) is 8.29. The van der Waals surface area contributed by atoms with Crippen molar-refractivity contribution in [1.29, 1.82) is 0 Å². The standard InChI is InChI=1S/C14H21NO2/c1-16-10-14(15)11-6-8-13(9-7-11)17-12-4-2-3-5-12/h6-9,12,14H,2-5,10,15H2,1H3/t14-/m1/s1. The van der Waals surface area contributed by atoms with E-state index in [4.69, 9.17) is 15.2 Å². The highest BCUT2D eigenvalue weighted by atomic mass is 16.5. The van der Waals surface area contributed by atoms with Gasteiger partial charge in [-0.05, 0) is 43.4 Å². The molecule has 1 aromatic carbocycles. The van der Waals surface area contributed by atoms with Crippen molar-refractivity contribution in [3.05, 3.63) is 29.8 Å². The molecule has 17 heavy (non-hydrogen) atoms. The highest BCUT2D eigenvalue weighted by Crippen LogP contribution is 2.24. The van der Waals surface area contributed by atoms with Crippen molar-refractivity contribution in [1.82, 2.24) is 0 Å². The second kappa shape index (κ2) is 6.03. The topological polar surface area (TPSA) is 44.5 Å². The predicted molar refractivity (Wildman–Crippen MR) is 68.1 cm³/mol. The average molecular weight is 235 g/mol. The summed E-state index contributed by atoms with van der Waals surface area (Å²) in [6.07, 6.45) is 5.37. The van der Waals surface area contributed by atoms with Gasteiger partial charge in [-0.3, -0.25) is 0 Å². The lowest BCUT2D eigenvalue weighted by molar-refractivity contribution is 0.180. The number of methoxy groups -OCH3 is 1. The smallest absolute Gasteiger partial charge is 0.119 e. The van der Waals surface area contributed by atoms with Crippen molar-refractivity contribution >= 4 is 0 Å². The van der Waals surface area contributed by atoms with E-state index in [-0.39, 0.29) is 6.04 Å². The third-order valence-electron chi connectivity index (χ3n) is 3.26. The third-order valence-corrected chi connectivity index (χ3v) is 3.26. The van der Waals surface area contributed by atoms with Gasteiger partial charge in [0, 0.05) is 7.11 Å². The Morgan fingerprint density at radius 3 is 2.47 bits per heavy atom. The lowest BCUT2D eigenvalue weighted by Gasteiger charge is -2.15. The fourth-order valence-electron chi connectivity index (χ4n) is 2.27. The Morgan fingerprint density at radius 2 is 1.88 bits per heavy atom. The van der Waals surface area contributed by atoms with E-state index in [1.54, 1.807) is 7.11 Å². The molecule has 1 atom stereocenters. The summed E-state index contributed by atoms with van der Waals surface area (Å²) in [5, 5.41) is 0. The van der Waals surface area contributed by atoms with Crippen LogP contribution in [0.5, 0.6) is 5.75 Å². The van der Waals surface area contributed by atoms with Gasteiger partial charge in [-0.25, -0.2) is 0 Å². The van der Waals surface area contributed by atoms with Gasteiger partial charge in [0.2, 0.25) is 0 Å². The molecule has 1 fully saturated rings. The van der Waals surface area contributed by atoms with Gasteiger partial charge in [0.15, 0.2) is 0 Å². The molecule has 1 aliphatic rings. The van der Waals surface area contributed by atoms with Gasteiger partial charge in [-0.2, -0.15) is 0 Å². The molecule has 0 heterocycles. The Bertz CT molecular complexity index is 331. The summed E-state index contributed by atoms with van der Waals surface area (Å²) in [5.74, 6) is 0.949. The molecule has 94 valence electrons. The van der Waals surface area contributed by atoms with E-state index in [1.807, 2.05) is 24.3 Å². The molecule has 0 unspecified atom stereocenters. The molecule has 3 nitrogen and oxygen atoms in total. The molecule has 1 aliphatic carbocycles. The molecule has 2 rings (SSSR count). The first kappa shape index (κ1) is 12.4. The van der Waals surface area contributed by atoms with Crippen molar-refractivity contribution < 1.29 is 9.47 Å². The Labute approximate surface area is 103 Å². The Balaban J connectivity index is 1.92. The van der Waals surface area contributed by atoms with Crippen LogP contribution in [0, 0.1) is 0 Å². The molecule has 1 saturated carbocycles. The third kappa shape index (κ3) is 3.45. The summed E-state index contributed by atoms with van der Waals surface area (Å²) in [5.41, 5.74) is 7.04. The van der Waals surface area contributed by atoms with Crippen LogP contribution in [0.15, 0.2) is 24.3 Å². The maximum Gasteiger partial charge on any atom is 0.119 e. The zero-order valence-corrected chi connectivity index (χ0v) is 10.4. The molecule has 0 amide bonds. The molecule has 0 aliphatic heterocycles. The highest BCUT2D eigenvalue weighted by Gasteiger charge is 2.16. The number of rotatable bonds is 5. The maximum atomic E-state index is 5.95. The zero-order valence-electron chi connectivity index (χ0n) is 10.4. The maximum absolute atomic E-state index is 5.95. The van der Waals surface area contributed by atoms with E-state index >= 15 is 0 Å². The SMILES string of the molecule is COC[C@@H](N)c1ccc(OC2CCCC2)cc1. The van der Waals surface area contributed by atoms with E-state index in [2.05, 4.69) is 0 Å². The number of hydrogen-bond donors (Lipinski definition) is 1. The lowest BCUT2D eigenvalue weighted by Crippen LogP contribution is -2.16. The summed E-state index contributed by atoms with van der Waals surface area (Å²) >= 11 is 0. The van der Waals surface area contributed by atoms with Crippen LogP contribution in [-0.2, 0) is 4.74 Å². The van der Waals surface area contributed by atoms with Gasteiger partial charge in [0.1, 0.15) is 5.75 Å². The predicted octanol–water partition coefficient (Wildman–Crippen LogP) is 2.65. The Hall–Kier alpha value is -1.06. The van der Waals surface area contributed by atoms with Gasteiger partial charge in [0.25, 0.3) is 0 Å². The fraction of sp³-hybridized carbons (Fsp3) is 0.571. The summed E-state index contributed by atoms with van der Waals surface area (Å²) < 4.78 is 10.9. The second-order valence-electron chi connectivity index (χ2n) is 4.66.